The van der Waals surface area contributed by atoms with Gasteiger partial charge in [-0.2, -0.15) is 14.0 Å². The molecule has 34 heavy (non-hydrogen) atoms. The van der Waals surface area contributed by atoms with Gasteiger partial charge < -0.3 is 19.7 Å². The summed E-state index contributed by atoms with van der Waals surface area (Å²) < 4.78 is 36.6. The van der Waals surface area contributed by atoms with Crippen LogP contribution in [0.25, 0.3) is 6.08 Å². The van der Waals surface area contributed by atoms with Crippen molar-refractivity contribution in [2.75, 3.05) is 32.6 Å². The summed E-state index contributed by atoms with van der Waals surface area (Å²) in [4.78, 5) is 26.2. The van der Waals surface area contributed by atoms with E-state index in [4.69, 9.17) is 9.47 Å². The number of thioether (sulfide) groups is 1. The first-order chi connectivity index (χ1) is 16.1. The lowest BCUT2D eigenvalue weighted by molar-refractivity contribution is -0.130. The Balaban J connectivity index is 2.24. The number of alkyl halides is 2. The highest BCUT2D eigenvalue weighted by atomic mass is 79.9. The molecule has 2 aromatic carbocycles. The number of benzene rings is 2. The third kappa shape index (κ3) is 8.04. The minimum atomic E-state index is -2.54. The number of amides is 2. The van der Waals surface area contributed by atoms with E-state index in [1.807, 2.05) is 6.07 Å². The van der Waals surface area contributed by atoms with E-state index in [-0.39, 0.29) is 18.1 Å². The molecule has 0 saturated carbocycles. The van der Waals surface area contributed by atoms with Crippen LogP contribution in [0.15, 0.2) is 51.3 Å². The van der Waals surface area contributed by atoms with Crippen molar-refractivity contribution < 1.29 is 27.8 Å². The standard InChI is InChI=1S/C23H22BrF2N3O4S/c1-4-32-19-11-14(10-18(24)21(19)33-13-20(30)29(2)3)9-15(12-27)22(31)28-16-5-7-17(8-6-16)34-23(25)26/h5-11,23H,4,13H2,1-3H3,(H,28,31). The normalized spacial score (nSPS) is 11.1. The van der Waals surface area contributed by atoms with E-state index in [2.05, 4.69) is 21.2 Å². The summed E-state index contributed by atoms with van der Waals surface area (Å²) in [5, 5.41) is 12.1. The molecule has 0 aromatic heterocycles. The first kappa shape index (κ1) is 27.1. The quantitative estimate of drug-likeness (QED) is 0.248. The summed E-state index contributed by atoms with van der Waals surface area (Å²) in [6.45, 7) is 1.91. The van der Waals surface area contributed by atoms with Gasteiger partial charge in [-0.25, -0.2) is 0 Å². The van der Waals surface area contributed by atoms with Crippen molar-refractivity contribution in [1.29, 1.82) is 5.26 Å². The number of hydrogen-bond acceptors (Lipinski definition) is 6. The van der Waals surface area contributed by atoms with Gasteiger partial charge in [0.05, 0.1) is 11.1 Å². The molecular weight excluding hydrogens is 532 g/mol. The molecule has 1 N–H and O–H groups in total. The fraction of sp³-hybridized carbons (Fsp3) is 0.261. The second-order valence-electron chi connectivity index (χ2n) is 6.87. The predicted octanol–water partition coefficient (Wildman–Crippen LogP) is 5.18. The molecule has 2 amide bonds. The van der Waals surface area contributed by atoms with Crippen molar-refractivity contribution in [1.82, 2.24) is 4.90 Å². The minimum absolute atomic E-state index is 0.183. The van der Waals surface area contributed by atoms with Crippen LogP contribution in [0.1, 0.15) is 12.5 Å². The number of nitriles is 1. The largest absolute Gasteiger partial charge is 0.490 e. The zero-order valence-electron chi connectivity index (χ0n) is 18.6. The van der Waals surface area contributed by atoms with Gasteiger partial charge in [0.15, 0.2) is 18.1 Å². The molecular formula is C23H22BrF2N3O4S. The van der Waals surface area contributed by atoms with Crippen LogP contribution in [0.2, 0.25) is 0 Å². The van der Waals surface area contributed by atoms with E-state index in [9.17, 15) is 23.6 Å². The molecule has 0 radical (unpaired) electrons. The van der Waals surface area contributed by atoms with Crippen LogP contribution in [0.3, 0.4) is 0 Å². The second kappa shape index (κ2) is 13.0. The van der Waals surface area contributed by atoms with E-state index in [1.165, 1.54) is 35.2 Å². The summed E-state index contributed by atoms with van der Waals surface area (Å²) in [7, 11) is 3.23. The first-order valence-corrected chi connectivity index (χ1v) is 11.6. The van der Waals surface area contributed by atoms with Gasteiger partial charge in [-0.15, -0.1) is 0 Å². The monoisotopic (exact) mass is 553 g/mol. The van der Waals surface area contributed by atoms with Crippen LogP contribution in [0, 0.1) is 11.3 Å². The van der Waals surface area contributed by atoms with Crippen molar-refractivity contribution in [3.8, 4) is 17.6 Å². The fourth-order valence-corrected chi connectivity index (χ4v) is 3.64. The van der Waals surface area contributed by atoms with Gasteiger partial charge in [0, 0.05) is 24.7 Å². The number of hydrogen-bond donors (Lipinski definition) is 1. The van der Waals surface area contributed by atoms with E-state index in [0.29, 0.717) is 50.5 Å². The Labute approximate surface area is 208 Å². The number of ether oxygens (including phenoxy) is 2. The number of carbonyl (C=O) groups excluding carboxylic acids is 2. The molecule has 2 aromatic rings. The Hall–Kier alpha value is -3.10. The highest BCUT2D eigenvalue weighted by Gasteiger charge is 2.16. The van der Waals surface area contributed by atoms with E-state index in [1.54, 1.807) is 33.2 Å². The summed E-state index contributed by atoms with van der Waals surface area (Å²) in [5.74, 6) is -2.79. The zero-order chi connectivity index (χ0) is 25.3. The van der Waals surface area contributed by atoms with Crippen molar-refractivity contribution in [3.63, 3.8) is 0 Å². The Morgan fingerprint density at radius 3 is 2.47 bits per heavy atom. The van der Waals surface area contributed by atoms with Gasteiger partial charge in [-0.3, -0.25) is 9.59 Å². The summed E-state index contributed by atoms with van der Waals surface area (Å²) in [6, 6.07) is 10.9. The topological polar surface area (TPSA) is 91.7 Å². The van der Waals surface area contributed by atoms with Crippen molar-refractivity contribution in [2.45, 2.75) is 17.6 Å². The average molecular weight is 554 g/mol. The molecule has 0 bridgehead atoms. The van der Waals surface area contributed by atoms with Crippen molar-refractivity contribution in [2.24, 2.45) is 0 Å². The van der Waals surface area contributed by atoms with Gasteiger partial charge in [0.25, 0.3) is 17.6 Å². The second-order valence-corrected chi connectivity index (χ2v) is 8.78. The Morgan fingerprint density at radius 2 is 1.91 bits per heavy atom. The van der Waals surface area contributed by atoms with Gasteiger partial charge in [-0.1, -0.05) is 11.8 Å². The van der Waals surface area contributed by atoms with Crippen molar-refractivity contribution >= 4 is 51.3 Å². The van der Waals surface area contributed by atoms with Gasteiger partial charge in [0.1, 0.15) is 11.6 Å². The summed E-state index contributed by atoms with van der Waals surface area (Å²) in [6.07, 6.45) is 1.37. The number of halogens is 3. The smallest absolute Gasteiger partial charge is 0.288 e. The lowest BCUT2D eigenvalue weighted by atomic mass is 10.1. The molecule has 2 rings (SSSR count). The maximum absolute atomic E-state index is 12.6. The molecule has 0 atom stereocenters. The molecule has 0 heterocycles. The first-order valence-electron chi connectivity index (χ1n) is 9.91. The number of nitrogens with zero attached hydrogens (tertiary/aromatic N) is 2. The maximum atomic E-state index is 12.6. The number of carbonyl (C=O) groups is 2. The van der Waals surface area contributed by atoms with Gasteiger partial charge in [-0.05, 0) is 70.9 Å². The summed E-state index contributed by atoms with van der Waals surface area (Å²) in [5.41, 5.74) is 0.657. The average Bonchev–Trinajstić information content (AvgIpc) is 2.77. The highest BCUT2D eigenvalue weighted by molar-refractivity contribution is 9.10. The predicted molar refractivity (Wildman–Crippen MR) is 130 cm³/mol. The van der Waals surface area contributed by atoms with Gasteiger partial charge in [0.2, 0.25) is 0 Å². The number of likely N-dealkylation sites (N-methyl/N-ethyl adjacent to an activating group) is 1. The molecule has 0 unspecified atom stereocenters. The Bertz CT molecular complexity index is 1100. The van der Waals surface area contributed by atoms with Crippen LogP contribution < -0.4 is 14.8 Å². The van der Waals surface area contributed by atoms with E-state index in [0.717, 1.165) is 0 Å². The van der Waals surface area contributed by atoms with Crippen LogP contribution in [0.5, 0.6) is 11.5 Å². The molecule has 0 aliphatic rings. The minimum Gasteiger partial charge on any atom is -0.490 e. The molecule has 0 aliphatic carbocycles. The molecule has 0 spiro atoms. The van der Waals surface area contributed by atoms with Gasteiger partial charge >= 0.3 is 0 Å². The van der Waals surface area contributed by atoms with Crippen LogP contribution in [-0.4, -0.2) is 49.8 Å². The maximum Gasteiger partial charge on any atom is 0.288 e. The number of nitrogens with one attached hydrogen (secondary N) is 1. The van der Waals surface area contributed by atoms with Crippen LogP contribution >= 0.6 is 27.7 Å². The Kier molecular flexibility index (Phi) is 10.3. The molecule has 0 fully saturated rings. The lowest BCUT2D eigenvalue weighted by Crippen LogP contribution is -2.27. The Morgan fingerprint density at radius 1 is 1.24 bits per heavy atom. The third-order valence-electron chi connectivity index (χ3n) is 4.18. The summed E-state index contributed by atoms with van der Waals surface area (Å²) >= 11 is 3.78. The van der Waals surface area contributed by atoms with Crippen molar-refractivity contribution in [3.05, 3.63) is 52.0 Å². The SMILES string of the molecule is CCOc1cc(C=C(C#N)C(=O)Nc2ccc(SC(F)F)cc2)cc(Br)c1OCC(=O)N(C)C. The fourth-order valence-electron chi connectivity index (χ4n) is 2.57. The molecule has 7 nitrogen and oxygen atoms in total. The molecule has 0 saturated heterocycles. The van der Waals surface area contributed by atoms with E-state index >= 15 is 0 Å². The van der Waals surface area contributed by atoms with E-state index < -0.39 is 11.7 Å². The van der Waals surface area contributed by atoms with Crippen LogP contribution in [0.4, 0.5) is 14.5 Å². The lowest BCUT2D eigenvalue weighted by Gasteiger charge is -2.16. The molecule has 0 aliphatic heterocycles. The van der Waals surface area contributed by atoms with Crippen LogP contribution in [-0.2, 0) is 9.59 Å². The number of rotatable bonds is 10. The zero-order valence-corrected chi connectivity index (χ0v) is 21.0. The molecule has 11 heteroatoms. The molecule has 180 valence electrons. The highest BCUT2D eigenvalue weighted by Crippen LogP contribution is 2.37. The third-order valence-corrected chi connectivity index (χ3v) is 5.50. The number of anilines is 1.